The Balaban J connectivity index is 1.68. The smallest absolute Gasteiger partial charge is 0.0705 e. The summed E-state index contributed by atoms with van der Waals surface area (Å²) >= 11 is 0. The molecule has 0 amide bonds. The van der Waals surface area contributed by atoms with E-state index in [1.165, 1.54) is 38.9 Å². The summed E-state index contributed by atoms with van der Waals surface area (Å²) in [5, 5.41) is 0. The van der Waals surface area contributed by atoms with Crippen LogP contribution in [0.1, 0.15) is 25.7 Å². The second kappa shape index (κ2) is 5.28. The van der Waals surface area contributed by atoms with E-state index in [0.29, 0.717) is 6.54 Å². The predicted molar refractivity (Wildman–Crippen MR) is 61.7 cm³/mol. The highest BCUT2D eigenvalue weighted by Crippen LogP contribution is 2.37. The van der Waals surface area contributed by atoms with Crippen molar-refractivity contribution in [3.05, 3.63) is 0 Å². The van der Waals surface area contributed by atoms with Crippen LogP contribution in [0.25, 0.3) is 0 Å². The molecule has 0 bridgehead atoms. The van der Waals surface area contributed by atoms with Gasteiger partial charge in [-0.1, -0.05) is 6.42 Å². The van der Waals surface area contributed by atoms with E-state index in [2.05, 4.69) is 4.90 Å². The molecule has 1 saturated carbocycles. The Hall–Kier alpha value is -0.120. The Morgan fingerprint density at radius 1 is 1.33 bits per heavy atom. The predicted octanol–water partition coefficient (Wildman–Crippen LogP) is 1.08. The monoisotopic (exact) mass is 212 g/mol. The quantitative estimate of drug-likeness (QED) is 0.741. The van der Waals surface area contributed by atoms with Gasteiger partial charge >= 0.3 is 0 Å². The summed E-state index contributed by atoms with van der Waals surface area (Å²) < 4.78 is 5.30. The van der Waals surface area contributed by atoms with E-state index in [9.17, 15) is 0 Å². The zero-order valence-electron chi connectivity index (χ0n) is 9.82. The van der Waals surface area contributed by atoms with E-state index < -0.39 is 0 Å². The highest BCUT2D eigenvalue weighted by atomic mass is 16.5. The molecule has 1 heterocycles. The van der Waals surface area contributed by atoms with Gasteiger partial charge in [0.2, 0.25) is 0 Å². The number of nitrogens with zero attached hydrogens (tertiary/aromatic N) is 1. The average molecular weight is 212 g/mol. The molecular weight excluding hydrogens is 188 g/mol. The van der Waals surface area contributed by atoms with Crippen molar-refractivity contribution in [1.82, 2.24) is 4.90 Å². The van der Waals surface area contributed by atoms with Crippen molar-refractivity contribution in [2.75, 3.05) is 33.3 Å². The summed E-state index contributed by atoms with van der Waals surface area (Å²) in [5.41, 5.74) is 5.62. The maximum atomic E-state index is 5.62. The van der Waals surface area contributed by atoms with Crippen molar-refractivity contribution >= 4 is 0 Å². The van der Waals surface area contributed by atoms with Crippen LogP contribution in [0, 0.1) is 11.8 Å². The fraction of sp³-hybridized carbons (Fsp3) is 1.00. The summed E-state index contributed by atoms with van der Waals surface area (Å²) in [6.45, 7) is 4.47. The summed E-state index contributed by atoms with van der Waals surface area (Å²) in [5.74, 6) is 2.01. The van der Waals surface area contributed by atoms with Gasteiger partial charge in [-0.2, -0.15) is 0 Å². The number of rotatable bonds is 5. The van der Waals surface area contributed by atoms with Crippen molar-refractivity contribution in [2.24, 2.45) is 17.6 Å². The van der Waals surface area contributed by atoms with Gasteiger partial charge in [0, 0.05) is 33.3 Å². The summed E-state index contributed by atoms with van der Waals surface area (Å²) in [7, 11) is 1.76. The maximum absolute atomic E-state index is 5.62. The molecule has 1 aliphatic carbocycles. The lowest BCUT2D eigenvalue weighted by Gasteiger charge is -2.20. The third-order valence-electron chi connectivity index (χ3n) is 4.17. The van der Waals surface area contributed by atoms with Crippen LogP contribution >= 0.6 is 0 Å². The number of fused-ring (bicyclic) bond motifs is 1. The summed E-state index contributed by atoms with van der Waals surface area (Å²) in [4.78, 5) is 2.61. The lowest BCUT2D eigenvalue weighted by atomic mass is 10.0. The van der Waals surface area contributed by atoms with Gasteiger partial charge in [-0.3, -0.25) is 0 Å². The fourth-order valence-corrected chi connectivity index (χ4v) is 3.17. The molecule has 0 aromatic carbocycles. The van der Waals surface area contributed by atoms with Gasteiger partial charge in [0.15, 0.2) is 0 Å². The molecule has 1 saturated heterocycles. The van der Waals surface area contributed by atoms with Crippen molar-refractivity contribution in [3.63, 3.8) is 0 Å². The van der Waals surface area contributed by atoms with Crippen molar-refractivity contribution in [3.8, 4) is 0 Å². The molecule has 3 atom stereocenters. The van der Waals surface area contributed by atoms with E-state index >= 15 is 0 Å². The Labute approximate surface area is 93.0 Å². The Morgan fingerprint density at radius 3 is 2.53 bits per heavy atom. The van der Waals surface area contributed by atoms with Gasteiger partial charge in [0.05, 0.1) is 6.10 Å². The highest BCUT2D eigenvalue weighted by Gasteiger charge is 2.35. The van der Waals surface area contributed by atoms with Crippen molar-refractivity contribution in [2.45, 2.75) is 31.8 Å². The Morgan fingerprint density at radius 2 is 2.00 bits per heavy atom. The molecule has 2 rings (SSSR count). The van der Waals surface area contributed by atoms with Gasteiger partial charge in [0.1, 0.15) is 0 Å². The van der Waals surface area contributed by atoms with E-state index in [-0.39, 0.29) is 6.10 Å². The van der Waals surface area contributed by atoms with E-state index in [0.717, 1.165) is 18.3 Å². The molecule has 2 N–H and O–H groups in total. The molecule has 0 radical (unpaired) electrons. The second-order valence-corrected chi connectivity index (χ2v) is 5.09. The molecular formula is C12H24N2O. The highest BCUT2D eigenvalue weighted by molar-refractivity contribution is 4.88. The molecule has 2 aliphatic rings. The number of hydrogen-bond acceptors (Lipinski definition) is 3. The minimum atomic E-state index is 0.255. The van der Waals surface area contributed by atoms with Crippen LogP contribution in [0.5, 0.6) is 0 Å². The molecule has 15 heavy (non-hydrogen) atoms. The molecule has 88 valence electrons. The maximum Gasteiger partial charge on any atom is 0.0705 e. The Kier molecular flexibility index (Phi) is 4.00. The average Bonchev–Trinajstić information content (AvgIpc) is 2.79. The minimum Gasteiger partial charge on any atom is -0.380 e. The molecule has 1 aliphatic heterocycles. The SMILES string of the molecule is COC(CN)CCN1CC2CCCC2C1. The molecule has 0 aromatic rings. The first-order chi connectivity index (χ1) is 7.33. The number of ether oxygens (including phenoxy) is 1. The van der Waals surface area contributed by atoms with Gasteiger partial charge < -0.3 is 15.4 Å². The lowest BCUT2D eigenvalue weighted by molar-refractivity contribution is 0.0915. The Bertz CT molecular complexity index is 182. The van der Waals surface area contributed by atoms with E-state index in [4.69, 9.17) is 10.5 Å². The van der Waals surface area contributed by atoms with Crippen molar-refractivity contribution < 1.29 is 4.74 Å². The third kappa shape index (κ3) is 2.71. The zero-order valence-corrected chi connectivity index (χ0v) is 9.82. The molecule has 3 unspecified atom stereocenters. The number of methoxy groups -OCH3 is 1. The standard InChI is InChI=1S/C12H24N2O/c1-15-12(7-13)5-6-14-8-10-3-2-4-11(10)9-14/h10-12H,2-9,13H2,1H3. The van der Waals surface area contributed by atoms with E-state index in [1.54, 1.807) is 7.11 Å². The number of nitrogens with two attached hydrogens (primary N) is 1. The fourth-order valence-electron chi connectivity index (χ4n) is 3.17. The van der Waals surface area contributed by atoms with Gasteiger partial charge in [-0.15, -0.1) is 0 Å². The molecule has 3 nitrogen and oxygen atoms in total. The number of likely N-dealkylation sites (tertiary alicyclic amines) is 1. The largest absolute Gasteiger partial charge is 0.380 e. The lowest BCUT2D eigenvalue weighted by Crippen LogP contribution is -2.30. The van der Waals surface area contributed by atoms with Gasteiger partial charge in [-0.25, -0.2) is 0 Å². The van der Waals surface area contributed by atoms with Crippen LogP contribution in [-0.4, -0.2) is 44.3 Å². The summed E-state index contributed by atoms with van der Waals surface area (Å²) in [6, 6.07) is 0. The third-order valence-corrected chi connectivity index (χ3v) is 4.17. The minimum absolute atomic E-state index is 0.255. The summed E-state index contributed by atoms with van der Waals surface area (Å²) in [6.07, 6.45) is 5.74. The van der Waals surface area contributed by atoms with Crippen LogP contribution in [-0.2, 0) is 4.74 Å². The van der Waals surface area contributed by atoms with Gasteiger partial charge in [0.25, 0.3) is 0 Å². The molecule has 0 aromatic heterocycles. The van der Waals surface area contributed by atoms with Crippen LogP contribution in [0.15, 0.2) is 0 Å². The van der Waals surface area contributed by atoms with Crippen molar-refractivity contribution in [1.29, 1.82) is 0 Å². The zero-order chi connectivity index (χ0) is 10.7. The molecule has 0 spiro atoms. The topological polar surface area (TPSA) is 38.5 Å². The first-order valence-electron chi connectivity index (χ1n) is 6.28. The first-order valence-corrected chi connectivity index (χ1v) is 6.28. The second-order valence-electron chi connectivity index (χ2n) is 5.09. The van der Waals surface area contributed by atoms with E-state index in [1.807, 2.05) is 0 Å². The van der Waals surface area contributed by atoms with Crippen LogP contribution in [0.3, 0.4) is 0 Å². The first kappa shape index (κ1) is 11.4. The van der Waals surface area contributed by atoms with Crippen LogP contribution in [0.2, 0.25) is 0 Å². The number of hydrogen-bond donors (Lipinski definition) is 1. The normalized spacial score (nSPS) is 33.2. The van der Waals surface area contributed by atoms with Crippen LogP contribution in [0.4, 0.5) is 0 Å². The molecule has 2 fully saturated rings. The van der Waals surface area contributed by atoms with Gasteiger partial charge in [-0.05, 0) is 31.1 Å². The molecule has 3 heteroatoms. The van der Waals surface area contributed by atoms with Crippen LogP contribution < -0.4 is 5.73 Å².